The Kier molecular flexibility index (Phi) is 5.72. The lowest BCUT2D eigenvalue weighted by Crippen LogP contribution is -2.45. The highest BCUT2D eigenvalue weighted by Crippen LogP contribution is 2.48. The summed E-state index contributed by atoms with van der Waals surface area (Å²) in [4.78, 5) is 18.3. The van der Waals surface area contributed by atoms with Crippen molar-refractivity contribution in [1.82, 2.24) is 0 Å². The molecule has 2 radical (unpaired) electrons. The molecule has 19 heavy (non-hydrogen) atoms. The molecule has 0 aliphatic carbocycles. The monoisotopic (exact) mass is 313 g/mol. The van der Waals surface area contributed by atoms with Crippen molar-refractivity contribution in [2.24, 2.45) is 0 Å². The largest absolute Gasteiger partial charge is 0.694 e. The van der Waals surface area contributed by atoms with Gasteiger partial charge in [0.1, 0.15) is 32.3 Å². The summed E-state index contributed by atoms with van der Waals surface area (Å²) in [7, 11) is 0.492. The summed E-state index contributed by atoms with van der Waals surface area (Å²) < 4.78 is 30.3. The average Bonchev–Trinajstić information content (AvgIpc) is 2.51. The van der Waals surface area contributed by atoms with Crippen LogP contribution in [0.5, 0.6) is 0 Å². The van der Waals surface area contributed by atoms with Gasteiger partial charge >= 0.3 is 8.25 Å². The second-order valence-corrected chi connectivity index (χ2v) is 6.83. The number of rotatable bonds is 6. The fourth-order valence-electron chi connectivity index (χ4n) is 1.68. The van der Waals surface area contributed by atoms with Gasteiger partial charge in [-0.05, 0) is 13.2 Å². The van der Waals surface area contributed by atoms with Gasteiger partial charge in [-0.1, -0.05) is 0 Å². The first-order valence-electron chi connectivity index (χ1n) is 5.22. The van der Waals surface area contributed by atoms with E-state index in [4.69, 9.17) is 22.0 Å². The van der Waals surface area contributed by atoms with Crippen LogP contribution in [0.1, 0.15) is 6.92 Å². The third-order valence-electron chi connectivity index (χ3n) is 2.68. The van der Waals surface area contributed by atoms with E-state index in [-0.39, 0.29) is 6.61 Å². The third kappa shape index (κ3) is 4.33. The molecular weight excluding hydrogens is 297 g/mol. The molecule has 3 N–H and O–H groups in total. The topological polar surface area (TPSA) is 115 Å². The minimum absolute atomic E-state index is 0.363. The van der Waals surface area contributed by atoms with Crippen LogP contribution in [-0.4, -0.2) is 66.6 Å². The maximum absolute atomic E-state index is 10.6. The summed E-state index contributed by atoms with van der Waals surface area (Å²) in [5.74, 6) is 0. The Labute approximate surface area is 113 Å². The summed E-state index contributed by atoms with van der Waals surface area (Å²) >= 11 is 0. The summed E-state index contributed by atoms with van der Waals surface area (Å²) in [6.07, 6.45) is 0.952. The van der Waals surface area contributed by atoms with E-state index < -0.39 is 39.6 Å². The van der Waals surface area contributed by atoms with Gasteiger partial charge in [-0.3, -0.25) is 0 Å². The molecule has 0 saturated carbocycles. The highest BCUT2D eigenvalue weighted by molar-refractivity contribution is 7.58. The van der Waals surface area contributed by atoms with E-state index in [2.05, 4.69) is 15.3 Å². The summed E-state index contributed by atoms with van der Waals surface area (Å²) in [5.41, 5.74) is -1.32. The predicted octanol–water partition coefficient (Wildman–Crippen LogP) is -0.484. The molecular formula is C8H16BO8P2+. The molecule has 8 nitrogen and oxygen atoms in total. The smallest absolute Gasteiger partial charge is 0.388 e. The van der Waals surface area contributed by atoms with Crippen LogP contribution >= 0.6 is 15.8 Å². The van der Waals surface area contributed by atoms with Gasteiger partial charge < -0.3 is 23.8 Å². The molecule has 0 aromatic carbocycles. The normalized spacial score (nSPS) is 39.0. The Morgan fingerprint density at radius 1 is 1.63 bits per heavy atom. The molecule has 0 aromatic rings. The first kappa shape index (κ1) is 17.2. The van der Waals surface area contributed by atoms with E-state index in [1.54, 1.807) is 0 Å². The SMILES string of the molecule is [B][C@@H]1O[C@](C)(CO[P+](=O)O)[C@H](OP(=C)(O)OC)C1O. The van der Waals surface area contributed by atoms with Crippen LogP contribution < -0.4 is 0 Å². The van der Waals surface area contributed by atoms with E-state index in [0.29, 0.717) is 0 Å². The summed E-state index contributed by atoms with van der Waals surface area (Å²) in [6, 6.07) is -1.09. The quantitative estimate of drug-likeness (QED) is 0.445. The van der Waals surface area contributed by atoms with Gasteiger partial charge in [0.25, 0.3) is 0 Å². The number of hydrogen-bond acceptors (Lipinski definition) is 7. The van der Waals surface area contributed by atoms with E-state index in [0.717, 1.165) is 0 Å². The van der Waals surface area contributed by atoms with Gasteiger partial charge in [0.2, 0.25) is 7.57 Å². The molecule has 1 aliphatic rings. The number of ether oxygens (including phenoxy) is 1. The van der Waals surface area contributed by atoms with E-state index in [1.165, 1.54) is 14.0 Å². The predicted molar refractivity (Wildman–Crippen MR) is 69.0 cm³/mol. The van der Waals surface area contributed by atoms with Crippen LogP contribution in [0.3, 0.4) is 0 Å². The molecule has 1 fully saturated rings. The Morgan fingerprint density at radius 2 is 2.21 bits per heavy atom. The molecule has 1 rings (SSSR count). The fraction of sp³-hybridized carbons (Fsp3) is 0.875. The minimum atomic E-state index is -3.40. The number of hydrogen-bond donors (Lipinski definition) is 3. The van der Waals surface area contributed by atoms with Crippen molar-refractivity contribution in [1.29, 1.82) is 0 Å². The fourth-order valence-corrected chi connectivity index (χ4v) is 2.83. The molecule has 108 valence electrons. The molecule has 1 aliphatic heterocycles. The third-order valence-corrected chi connectivity index (χ3v) is 4.16. The molecule has 6 atom stereocenters. The lowest BCUT2D eigenvalue weighted by atomic mass is 9.90. The Hall–Kier alpha value is 0.185. The van der Waals surface area contributed by atoms with Crippen molar-refractivity contribution in [2.75, 3.05) is 13.7 Å². The lowest BCUT2D eigenvalue weighted by molar-refractivity contribution is -0.0758. The Morgan fingerprint density at radius 3 is 2.68 bits per heavy atom. The van der Waals surface area contributed by atoms with Crippen molar-refractivity contribution in [3.8, 4) is 0 Å². The van der Waals surface area contributed by atoms with E-state index in [1.807, 2.05) is 0 Å². The highest BCUT2D eigenvalue weighted by atomic mass is 31.2. The molecule has 0 bridgehead atoms. The van der Waals surface area contributed by atoms with Gasteiger partial charge in [0, 0.05) is 17.7 Å². The van der Waals surface area contributed by atoms with Crippen LogP contribution in [-0.2, 0) is 22.9 Å². The first-order chi connectivity index (χ1) is 8.61. The summed E-state index contributed by atoms with van der Waals surface area (Å²) in [6.45, 7) is 1.10. The summed E-state index contributed by atoms with van der Waals surface area (Å²) in [5, 5.41) is 9.87. The molecule has 11 heteroatoms. The Bertz CT molecular complexity index is 393. The lowest BCUT2D eigenvalue weighted by Gasteiger charge is -2.31. The highest BCUT2D eigenvalue weighted by Gasteiger charge is 2.53. The minimum Gasteiger partial charge on any atom is -0.388 e. The molecule has 1 saturated heterocycles. The van der Waals surface area contributed by atoms with Crippen LogP contribution in [0.4, 0.5) is 0 Å². The van der Waals surface area contributed by atoms with E-state index >= 15 is 0 Å². The molecule has 0 amide bonds. The van der Waals surface area contributed by atoms with Gasteiger partial charge in [-0.25, -0.2) is 0 Å². The van der Waals surface area contributed by atoms with Crippen LogP contribution in [0.2, 0.25) is 0 Å². The zero-order valence-electron chi connectivity index (χ0n) is 10.5. The number of aliphatic hydroxyl groups excluding tert-OH is 1. The van der Waals surface area contributed by atoms with Crippen molar-refractivity contribution >= 4 is 30.0 Å². The van der Waals surface area contributed by atoms with Crippen molar-refractivity contribution in [2.45, 2.75) is 30.7 Å². The van der Waals surface area contributed by atoms with Gasteiger partial charge in [0.05, 0.1) is 0 Å². The maximum Gasteiger partial charge on any atom is 0.694 e. The maximum atomic E-state index is 10.6. The van der Waals surface area contributed by atoms with Gasteiger partial charge in [-0.2, -0.15) is 0 Å². The molecule has 3 unspecified atom stereocenters. The van der Waals surface area contributed by atoms with Crippen molar-refractivity contribution < 1.29 is 37.8 Å². The van der Waals surface area contributed by atoms with Crippen LogP contribution in [0.15, 0.2) is 0 Å². The standard InChI is InChI=1S/C8H15BO8P2/c1-8(4-15-18(11)12)6(5(10)7(9)16-8)17-19(3,13)14-2/h5-7,10H,3-4H2,1-2H3,(H-,11,12,13)/p+1/t5?,6-,7-,8-,19?/m1/s1. The van der Waals surface area contributed by atoms with Crippen LogP contribution in [0.25, 0.3) is 0 Å². The molecule has 0 spiro atoms. The second kappa shape index (κ2) is 6.31. The molecule has 0 aromatic heterocycles. The van der Waals surface area contributed by atoms with Gasteiger partial charge in [0.15, 0.2) is 0 Å². The number of aliphatic hydroxyl groups is 1. The van der Waals surface area contributed by atoms with Gasteiger partial charge in [-0.15, -0.1) is 9.42 Å². The average molecular weight is 313 g/mol. The Balaban J connectivity index is 2.88. The zero-order chi connectivity index (χ0) is 14.8. The van der Waals surface area contributed by atoms with Crippen LogP contribution in [0, 0.1) is 0 Å². The molecule has 1 heterocycles. The second-order valence-electron chi connectivity index (χ2n) is 4.24. The first-order valence-corrected chi connectivity index (χ1v) is 8.11. The zero-order valence-corrected chi connectivity index (χ0v) is 12.3. The van der Waals surface area contributed by atoms with Crippen molar-refractivity contribution in [3.63, 3.8) is 0 Å². The van der Waals surface area contributed by atoms with Crippen molar-refractivity contribution in [3.05, 3.63) is 0 Å². The van der Waals surface area contributed by atoms with E-state index in [9.17, 15) is 14.6 Å².